The van der Waals surface area contributed by atoms with Crippen LogP contribution in [0.15, 0.2) is 30.3 Å². The fourth-order valence-electron chi connectivity index (χ4n) is 4.41. The van der Waals surface area contributed by atoms with E-state index in [1.54, 1.807) is 0 Å². The Morgan fingerprint density at radius 3 is 2.20 bits per heavy atom. The van der Waals surface area contributed by atoms with Gasteiger partial charge >= 0.3 is 0 Å². The Kier molecular flexibility index (Phi) is 5.77. The summed E-state index contributed by atoms with van der Waals surface area (Å²) in [6, 6.07) is 9.82. The maximum atomic E-state index is 13.4. The van der Waals surface area contributed by atoms with Crippen LogP contribution in [0.3, 0.4) is 0 Å². The van der Waals surface area contributed by atoms with Gasteiger partial charge in [-0.25, -0.2) is 0 Å². The molecule has 0 bridgehead atoms. The molecule has 25 heavy (non-hydrogen) atoms. The van der Waals surface area contributed by atoms with E-state index in [1.807, 2.05) is 35.2 Å². The Morgan fingerprint density at radius 2 is 1.68 bits per heavy atom. The smallest absolute Gasteiger partial charge is 0.259 e. The number of benzene rings is 1. The summed E-state index contributed by atoms with van der Waals surface area (Å²) in [5, 5.41) is 18.7. The lowest BCUT2D eigenvalue weighted by Gasteiger charge is -2.44. The molecule has 0 radical (unpaired) electrons. The van der Waals surface area contributed by atoms with E-state index < -0.39 is 5.60 Å². The van der Waals surface area contributed by atoms with Crippen LogP contribution in [0.5, 0.6) is 0 Å². The molecule has 5 heteroatoms. The summed E-state index contributed by atoms with van der Waals surface area (Å²) >= 11 is 0. The Labute approximate surface area is 149 Å². The molecule has 0 aromatic heterocycles. The van der Waals surface area contributed by atoms with Gasteiger partial charge in [-0.2, -0.15) is 0 Å². The van der Waals surface area contributed by atoms with Gasteiger partial charge in [0.1, 0.15) is 0 Å². The van der Waals surface area contributed by atoms with Crippen LogP contribution in [0, 0.1) is 5.41 Å². The molecule has 2 saturated heterocycles. The number of carbonyl (C=O) groups is 1. The highest BCUT2D eigenvalue weighted by atomic mass is 16.5. The molecule has 5 nitrogen and oxygen atoms in total. The van der Waals surface area contributed by atoms with E-state index in [-0.39, 0.29) is 24.5 Å². The zero-order chi connectivity index (χ0) is 17.8. The molecule has 0 saturated carbocycles. The van der Waals surface area contributed by atoms with Gasteiger partial charge in [0.05, 0.1) is 0 Å². The minimum Gasteiger partial charge on any atom is -0.396 e. The van der Waals surface area contributed by atoms with Gasteiger partial charge in [0, 0.05) is 32.9 Å². The number of hydrogen-bond donors (Lipinski definition) is 2. The highest BCUT2D eigenvalue weighted by molar-refractivity contribution is 5.87. The predicted molar refractivity (Wildman–Crippen MR) is 95.0 cm³/mol. The van der Waals surface area contributed by atoms with Gasteiger partial charge in [-0.1, -0.05) is 30.3 Å². The second kappa shape index (κ2) is 7.85. The van der Waals surface area contributed by atoms with Crippen molar-refractivity contribution in [3.8, 4) is 0 Å². The lowest BCUT2D eigenvalue weighted by molar-refractivity contribution is -0.157. The zero-order valence-electron chi connectivity index (χ0n) is 14.8. The molecule has 0 spiro atoms. The quantitative estimate of drug-likeness (QED) is 0.826. The first-order valence-corrected chi connectivity index (χ1v) is 9.36. The van der Waals surface area contributed by atoms with Gasteiger partial charge in [-0.15, -0.1) is 0 Å². The van der Waals surface area contributed by atoms with Crippen LogP contribution in [0.4, 0.5) is 0 Å². The molecule has 1 unspecified atom stereocenters. The topological polar surface area (TPSA) is 70.0 Å². The number of aliphatic hydroxyl groups is 2. The van der Waals surface area contributed by atoms with Crippen molar-refractivity contribution < 1.29 is 19.7 Å². The number of hydrogen-bond acceptors (Lipinski definition) is 4. The van der Waals surface area contributed by atoms with Crippen LogP contribution in [-0.4, -0.2) is 53.9 Å². The van der Waals surface area contributed by atoms with Crippen LogP contribution in [0.2, 0.25) is 0 Å². The lowest BCUT2D eigenvalue weighted by Crippen LogP contribution is -2.51. The van der Waals surface area contributed by atoms with Gasteiger partial charge in [0.2, 0.25) is 0 Å². The van der Waals surface area contributed by atoms with Crippen molar-refractivity contribution in [3.05, 3.63) is 35.9 Å². The SMILES string of the molecule is O=C(N1CCC(CCO)(CCO)CC1)C1(c2ccccc2)CCCO1. The molecular formula is C20H29NO4. The second-order valence-electron chi connectivity index (χ2n) is 7.38. The monoisotopic (exact) mass is 347 g/mol. The standard InChI is InChI=1S/C20H29NO4/c22-14-10-19(11-15-23)8-12-21(13-9-19)18(24)20(7-4-16-25-20)17-5-2-1-3-6-17/h1-3,5-6,22-23H,4,7-16H2. The van der Waals surface area contributed by atoms with Gasteiger partial charge in [0.15, 0.2) is 5.60 Å². The summed E-state index contributed by atoms with van der Waals surface area (Å²) in [5.74, 6) is 0.0674. The molecule has 2 fully saturated rings. The van der Waals surface area contributed by atoms with Crippen molar-refractivity contribution in [3.63, 3.8) is 0 Å². The third-order valence-corrected chi connectivity index (χ3v) is 6.00. The first-order chi connectivity index (χ1) is 12.2. The maximum absolute atomic E-state index is 13.4. The average Bonchev–Trinajstić information content (AvgIpc) is 3.14. The first-order valence-electron chi connectivity index (χ1n) is 9.36. The average molecular weight is 347 g/mol. The highest BCUT2D eigenvalue weighted by Gasteiger charge is 2.48. The van der Waals surface area contributed by atoms with E-state index in [2.05, 4.69) is 0 Å². The van der Waals surface area contributed by atoms with Crippen molar-refractivity contribution in [2.75, 3.05) is 32.9 Å². The molecule has 1 aromatic rings. The van der Waals surface area contributed by atoms with Crippen LogP contribution >= 0.6 is 0 Å². The van der Waals surface area contributed by atoms with E-state index in [4.69, 9.17) is 4.74 Å². The van der Waals surface area contributed by atoms with Crippen molar-refractivity contribution in [1.82, 2.24) is 4.90 Å². The number of amides is 1. The van der Waals surface area contributed by atoms with E-state index in [0.717, 1.165) is 31.2 Å². The number of nitrogens with zero attached hydrogens (tertiary/aromatic N) is 1. The minimum atomic E-state index is -0.838. The van der Waals surface area contributed by atoms with Crippen molar-refractivity contribution in [1.29, 1.82) is 0 Å². The molecule has 3 rings (SSSR count). The number of likely N-dealkylation sites (tertiary alicyclic amines) is 1. The molecule has 1 aromatic carbocycles. The Bertz CT molecular complexity index is 552. The first kappa shape index (κ1) is 18.4. The number of rotatable bonds is 6. The van der Waals surface area contributed by atoms with E-state index in [1.165, 1.54) is 0 Å². The summed E-state index contributed by atoms with van der Waals surface area (Å²) in [6.45, 7) is 2.21. The van der Waals surface area contributed by atoms with Crippen LogP contribution in [-0.2, 0) is 15.1 Å². The van der Waals surface area contributed by atoms with Crippen molar-refractivity contribution in [2.45, 2.75) is 44.1 Å². The third kappa shape index (κ3) is 3.59. The second-order valence-corrected chi connectivity index (χ2v) is 7.38. The van der Waals surface area contributed by atoms with Crippen LogP contribution in [0.1, 0.15) is 44.1 Å². The predicted octanol–water partition coefficient (Wildman–Crippen LogP) is 2.07. The fourth-order valence-corrected chi connectivity index (χ4v) is 4.41. The largest absolute Gasteiger partial charge is 0.396 e. The lowest BCUT2D eigenvalue weighted by atomic mass is 9.73. The van der Waals surface area contributed by atoms with Gasteiger partial charge in [-0.05, 0) is 49.5 Å². The van der Waals surface area contributed by atoms with Gasteiger partial charge in [0.25, 0.3) is 5.91 Å². The van der Waals surface area contributed by atoms with E-state index in [0.29, 0.717) is 32.5 Å². The summed E-state index contributed by atoms with van der Waals surface area (Å²) in [7, 11) is 0. The normalized spacial score (nSPS) is 25.9. The molecule has 0 aliphatic carbocycles. The number of piperidine rings is 1. The molecule has 2 aliphatic heterocycles. The molecule has 1 atom stereocenters. The summed E-state index contributed by atoms with van der Waals surface area (Å²) in [4.78, 5) is 15.3. The summed E-state index contributed by atoms with van der Waals surface area (Å²) in [5.41, 5.74) is 0.0615. The third-order valence-electron chi connectivity index (χ3n) is 6.00. The molecule has 1 amide bonds. The molecular weight excluding hydrogens is 318 g/mol. The number of aliphatic hydroxyl groups excluding tert-OH is 2. The van der Waals surface area contributed by atoms with Crippen LogP contribution in [0.25, 0.3) is 0 Å². The van der Waals surface area contributed by atoms with Crippen molar-refractivity contribution >= 4 is 5.91 Å². The highest BCUT2D eigenvalue weighted by Crippen LogP contribution is 2.42. The minimum absolute atomic E-state index is 0.0449. The maximum Gasteiger partial charge on any atom is 0.259 e. The van der Waals surface area contributed by atoms with Gasteiger partial charge < -0.3 is 19.8 Å². The Hall–Kier alpha value is -1.43. The van der Waals surface area contributed by atoms with E-state index in [9.17, 15) is 15.0 Å². The molecule has 138 valence electrons. The number of ether oxygens (including phenoxy) is 1. The molecule has 2 N–H and O–H groups in total. The molecule has 2 aliphatic rings. The van der Waals surface area contributed by atoms with Gasteiger partial charge in [-0.3, -0.25) is 4.79 Å². The summed E-state index contributed by atoms with van der Waals surface area (Å²) < 4.78 is 6.02. The van der Waals surface area contributed by atoms with Crippen LogP contribution < -0.4 is 0 Å². The Morgan fingerprint density at radius 1 is 1.04 bits per heavy atom. The van der Waals surface area contributed by atoms with Crippen molar-refractivity contribution in [2.24, 2.45) is 5.41 Å². The zero-order valence-corrected chi connectivity index (χ0v) is 14.8. The molecule has 2 heterocycles. The Balaban J connectivity index is 1.75. The summed E-state index contributed by atoms with van der Waals surface area (Å²) in [6.07, 6.45) is 4.65. The van der Waals surface area contributed by atoms with E-state index >= 15 is 0 Å². The number of carbonyl (C=O) groups excluding carboxylic acids is 1. The fraction of sp³-hybridized carbons (Fsp3) is 0.650.